The van der Waals surface area contributed by atoms with Gasteiger partial charge in [0.05, 0.1) is 17.3 Å². The van der Waals surface area contributed by atoms with E-state index in [1.807, 2.05) is 45.0 Å². The number of anilines is 1. The molecule has 0 saturated carbocycles. The van der Waals surface area contributed by atoms with Gasteiger partial charge in [-0.25, -0.2) is 0 Å². The molecule has 1 fully saturated rings. The lowest BCUT2D eigenvalue weighted by Crippen LogP contribution is -2.30. The fourth-order valence-corrected chi connectivity index (χ4v) is 3.51. The lowest BCUT2D eigenvalue weighted by atomic mass is 10.1. The van der Waals surface area contributed by atoms with Gasteiger partial charge in [0.2, 0.25) is 11.8 Å². The average Bonchev–Trinajstić information content (AvgIpc) is 2.98. The van der Waals surface area contributed by atoms with Crippen molar-refractivity contribution in [1.82, 2.24) is 9.88 Å². The molecule has 1 aliphatic rings. The van der Waals surface area contributed by atoms with Crippen LogP contribution in [0.25, 0.3) is 0 Å². The van der Waals surface area contributed by atoms with Crippen molar-refractivity contribution in [1.29, 1.82) is 0 Å². The van der Waals surface area contributed by atoms with Crippen molar-refractivity contribution in [3.8, 4) is 0 Å². The van der Waals surface area contributed by atoms with Crippen molar-refractivity contribution < 1.29 is 9.59 Å². The van der Waals surface area contributed by atoms with E-state index in [2.05, 4.69) is 22.4 Å². The Morgan fingerprint density at radius 1 is 1.23 bits per heavy atom. The van der Waals surface area contributed by atoms with E-state index >= 15 is 0 Å². The number of carbonyl (C=O) groups is 2. The number of benzene rings is 1. The van der Waals surface area contributed by atoms with Crippen LogP contribution in [0.15, 0.2) is 36.4 Å². The molecule has 1 atom stereocenters. The number of nitrogens with zero attached hydrogens (tertiary/aromatic N) is 2. The Hall–Kier alpha value is -2.69. The van der Waals surface area contributed by atoms with E-state index in [4.69, 9.17) is 0 Å². The van der Waals surface area contributed by atoms with Gasteiger partial charge in [-0.05, 0) is 44.4 Å². The van der Waals surface area contributed by atoms with Gasteiger partial charge in [-0.2, -0.15) is 0 Å². The van der Waals surface area contributed by atoms with Crippen LogP contribution in [0.3, 0.4) is 0 Å². The zero-order valence-electron chi connectivity index (χ0n) is 15.6. The lowest BCUT2D eigenvalue weighted by Gasteiger charge is -2.17. The third kappa shape index (κ3) is 4.10. The minimum Gasteiger partial charge on any atom is -0.342 e. The molecule has 1 saturated heterocycles. The van der Waals surface area contributed by atoms with Crippen LogP contribution in [-0.4, -0.2) is 34.8 Å². The predicted molar refractivity (Wildman–Crippen MR) is 102 cm³/mol. The zero-order chi connectivity index (χ0) is 18.7. The molecular formula is C21H25N3O2. The highest BCUT2D eigenvalue weighted by Gasteiger charge is 2.34. The summed E-state index contributed by atoms with van der Waals surface area (Å²) in [6.45, 7) is 6.92. The van der Waals surface area contributed by atoms with Crippen LogP contribution in [0.1, 0.15) is 28.9 Å². The van der Waals surface area contributed by atoms with Crippen molar-refractivity contribution in [3.63, 3.8) is 0 Å². The van der Waals surface area contributed by atoms with E-state index in [1.165, 1.54) is 5.56 Å². The third-order valence-corrected chi connectivity index (χ3v) is 4.87. The van der Waals surface area contributed by atoms with Crippen molar-refractivity contribution in [2.45, 2.75) is 33.6 Å². The van der Waals surface area contributed by atoms with Crippen molar-refractivity contribution in [3.05, 3.63) is 58.9 Å². The molecular weight excluding hydrogens is 326 g/mol. The van der Waals surface area contributed by atoms with Gasteiger partial charge in [0.25, 0.3) is 0 Å². The first kappa shape index (κ1) is 18.1. The second kappa shape index (κ2) is 7.68. The molecule has 3 rings (SSSR count). The first-order chi connectivity index (χ1) is 12.4. The maximum atomic E-state index is 12.7. The molecule has 0 radical (unpaired) electrons. The van der Waals surface area contributed by atoms with Gasteiger partial charge in [0.15, 0.2) is 0 Å². The summed E-state index contributed by atoms with van der Waals surface area (Å²) in [4.78, 5) is 31.1. The number of aryl methyl sites for hydroxylation is 3. The zero-order valence-corrected chi connectivity index (χ0v) is 15.6. The van der Waals surface area contributed by atoms with Crippen LogP contribution >= 0.6 is 0 Å². The molecule has 0 bridgehead atoms. The second-order valence-electron chi connectivity index (χ2n) is 7.01. The highest BCUT2D eigenvalue weighted by atomic mass is 16.2. The normalized spacial score (nSPS) is 16.8. The van der Waals surface area contributed by atoms with Crippen LogP contribution in [0.2, 0.25) is 0 Å². The first-order valence-electron chi connectivity index (χ1n) is 9.01. The van der Waals surface area contributed by atoms with Gasteiger partial charge in [0, 0.05) is 25.2 Å². The number of amides is 2. The van der Waals surface area contributed by atoms with E-state index in [0.29, 0.717) is 13.1 Å². The Bertz CT molecular complexity index is 794. The third-order valence-electron chi connectivity index (χ3n) is 4.87. The predicted octanol–water partition coefficient (Wildman–Crippen LogP) is 3.04. The minimum atomic E-state index is -0.307. The summed E-state index contributed by atoms with van der Waals surface area (Å²) < 4.78 is 0. The highest BCUT2D eigenvalue weighted by molar-refractivity contribution is 5.98. The van der Waals surface area contributed by atoms with E-state index in [9.17, 15) is 9.59 Å². The number of carbonyl (C=O) groups excluding carboxylic acids is 2. The monoisotopic (exact) mass is 351 g/mol. The Kier molecular flexibility index (Phi) is 5.35. The molecule has 0 spiro atoms. The summed E-state index contributed by atoms with van der Waals surface area (Å²) in [6, 6.07) is 12.0. The van der Waals surface area contributed by atoms with Crippen LogP contribution in [0.5, 0.6) is 0 Å². The number of hydrogen-bond donors (Lipinski definition) is 1. The molecule has 0 aliphatic carbocycles. The van der Waals surface area contributed by atoms with Crippen molar-refractivity contribution >= 4 is 17.5 Å². The molecule has 5 heteroatoms. The number of nitrogens with one attached hydrogen (secondary N) is 1. The Morgan fingerprint density at radius 2 is 1.96 bits per heavy atom. The van der Waals surface area contributed by atoms with E-state index in [-0.39, 0.29) is 24.2 Å². The van der Waals surface area contributed by atoms with Crippen LogP contribution in [0, 0.1) is 26.7 Å². The molecule has 2 aromatic rings. The van der Waals surface area contributed by atoms with Gasteiger partial charge >= 0.3 is 0 Å². The standard InChI is InChI=1S/C21H25N3O2/c1-14-11-15(2)22-16(3)20(14)23-21(26)18-12-19(25)24(13-18)10-9-17-7-5-4-6-8-17/h4-8,11,18H,9-10,12-13H2,1-3H3,(H,23,26). The molecule has 1 aromatic carbocycles. The SMILES string of the molecule is Cc1cc(C)c(NC(=O)C2CC(=O)N(CCc3ccccc3)C2)c(C)n1. The Balaban J connectivity index is 1.60. The van der Waals surface area contributed by atoms with Crippen LogP contribution in [-0.2, 0) is 16.0 Å². The molecule has 1 unspecified atom stereocenters. The van der Waals surface area contributed by atoms with Crippen molar-refractivity contribution in [2.24, 2.45) is 5.92 Å². The quantitative estimate of drug-likeness (QED) is 0.901. The molecule has 2 amide bonds. The molecule has 26 heavy (non-hydrogen) atoms. The maximum Gasteiger partial charge on any atom is 0.229 e. The van der Waals surface area contributed by atoms with E-state index < -0.39 is 0 Å². The second-order valence-corrected chi connectivity index (χ2v) is 7.01. The molecule has 1 aromatic heterocycles. The number of pyridine rings is 1. The van der Waals surface area contributed by atoms with Crippen LogP contribution < -0.4 is 5.32 Å². The fraction of sp³-hybridized carbons (Fsp3) is 0.381. The van der Waals surface area contributed by atoms with Gasteiger partial charge in [-0.1, -0.05) is 30.3 Å². The summed E-state index contributed by atoms with van der Waals surface area (Å²) in [5, 5.41) is 2.98. The van der Waals surface area contributed by atoms with Crippen molar-refractivity contribution in [2.75, 3.05) is 18.4 Å². The molecule has 1 N–H and O–H groups in total. The van der Waals surface area contributed by atoms with Gasteiger partial charge < -0.3 is 10.2 Å². The minimum absolute atomic E-state index is 0.0524. The lowest BCUT2D eigenvalue weighted by molar-refractivity contribution is -0.128. The van der Waals surface area contributed by atoms with Gasteiger partial charge in [0.1, 0.15) is 0 Å². The first-order valence-corrected chi connectivity index (χ1v) is 9.01. The largest absolute Gasteiger partial charge is 0.342 e. The molecule has 2 heterocycles. The number of hydrogen-bond acceptors (Lipinski definition) is 3. The van der Waals surface area contributed by atoms with Gasteiger partial charge in [-0.15, -0.1) is 0 Å². The molecule has 136 valence electrons. The number of aromatic nitrogens is 1. The summed E-state index contributed by atoms with van der Waals surface area (Å²) in [5.41, 5.74) is 4.69. The average molecular weight is 351 g/mol. The number of rotatable bonds is 5. The van der Waals surface area contributed by atoms with Gasteiger partial charge in [-0.3, -0.25) is 14.6 Å². The van der Waals surface area contributed by atoms with E-state index in [0.717, 1.165) is 29.1 Å². The summed E-state index contributed by atoms with van der Waals surface area (Å²) in [6.07, 6.45) is 1.08. The fourth-order valence-electron chi connectivity index (χ4n) is 3.51. The summed E-state index contributed by atoms with van der Waals surface area (Å²) in [5.74, 6) is -0.354. The Morgan fingerprint density at radius 3 is 2.65 bits per heavy atom. The highest BCUT2D eigenvalue weighted by Crippen LogP contribution is 2.23. The maximum absolute atomic E-state index is 12.7. The topological polar surface area (TPSA) is 62.3 Å². The molecule has 1 aliphatic heterocycles. The van der Waals surface area contributed by atoms with E-state index in [1.54, 1.807) is 4.90 Å². The number of likely N-dealkylation sites (tertiary alicyclic amines) is 1. The molecule has 5 nitrogen and oxygen atoms in total. The summed E-state index contributed by atoms with van der Waals surface area (Å²) >= 11 is 0. The summed E-state index contributed by atoms with van der Waals surface area (Å²) in [7, 11) is 0. The smallest absolute Gasteiger partial charge is 0.229 e. The Labute approximate surface area is 154 Å². The van der Waals surface area contributed by atoms with Crippen LogP contribution in [0.4, 0.5) is 5.69 Å².